The third kappa shape index (κ3) is 3.47. The van der Waals surface area contributed by atoms with E-state index in [4.69, 9.17) is 10.8 Å². The number of esters is 2. The lowest BCUT2D eigenvalue weighted by Crippen LogP contribution is -2.73. The van der Waals surface area contributed by atoms with Gasteiger partial charge >= 0.3 is 23.6 Å². The standard InChI is InChI=1S/C10H17NO10/c11-10(19)9(18,8(17)7(16)4(13)3-12)20-5(14)1-2-6(15)21-10/h4,7-8,12-13,16-19H,1-3,11H2/t4-,7+,8+,9+,10?/m0/s1. The van der Waals surface area contributed by atoms with Gasteiger partial charge in [-0.25, -0.2) is 0 Å². The summed E-state index contributed by atoms with van der Waals surface area (Å²) in [5.41, 5.74) is 5.13. The molecular formula is C10H17NO10. The largest absolute Gasteiger partial charge is 0.421 e. The average molecular weight is 311 g/mol. The summed E-state index contributed by atoms with van der Waals surface area (Å²) in [7, 11) is 0. The van der Waals surface area contributed by atoms with E-state index in [2.05, 4.69) is 9.47 Å². The van der Waals surface area contributed by atoms with Crippen LogP contribution in [-0.2, 0) is 19.1 Å². The monoisotopic (exact) mass is 311 g/mol. The lowest BCUT2D eigenvalue weighted by atomic mass is 9.96. The van der Waals surface area contributed by atoms with E-state index in [1.165, 1.54) is 0 Å². The molecule has 11 nitrogen and oxygen atoms in total. The second-order valence-corrected chi connectivity index (χ2v) is 4.53. The van der Waals surface area contributed by atoms with Crippen LogP contribution in [0.4, 0.5) is 0 Å². The Morgan fingerprint density at radius 3 is 2.05 bits per heavy atom. The number of aliphatic hydroxyl groups is 6. The van der Waals surface area contributed by atoms with E-state index in [0.717, 1.165) is 0 Å². The molecule has 8 N–H and O–H groups in total. The minimum absolute atomic E-state index is 0.494. The molecule has 0 aromatic carbocycles. The summed E-state index contributed by atoms with van der Waals surface area (Å²) >= 11 is 0. The molecule has 1 saturated heterocycles. The van der Waals surface area contributed by atoms with Gasteiger partial charge in [0.2, 0.25) is 0 Å². The Morgan fingerprint density at radius 1 is 1.10 bits per heavy atom. The van der Waals surface area contributed by atoms with Crippen molar-refractivity contribution in [1.29, 1.82) is 0 Å². The molecule has 0 aromatic heterocycles. The van der Waals surface area contributed by atoms with E-state index in [1.54, 1.807) is 0 Å². The molecule has 0 aromatic rings. The highest BCUT2D eigenvalue weighted by molar-refractivity contribution is 5.79. The van der Waals surface area contributed by atoms with Crippen molar-refractivity contribution in [2.45, 2.75) is 42.9 Å². The minimum atomic E-state index is -3.46. The maximum absolute atomic E-state index is 11.4. The Bertz CT molecular complexity index is 413. The summed E-state index contributed by atoms with van der Waals surface area (Å²) < 4.78 is 8.66. The Labute approximate surface area is 118 Å². The summed E-state index contributed by atoms with van der Waals surface area (Å²) in [6.45, 7) is -1.02. The van der Waals surface area contributed by atoms with Crippen LogP contribution < -0.4 is 5.73 Å². The molecule has 5 atom stereocenters. The minimum Gasteiger partial charge on any atom is -0.421 e. The summed E-state index contributed by atoms with van der Waals surface area (Å²) in [6, 6.07) is 0. The SMILES string of the molecule is NC1(O)OC(=O)CCC(=O)O[C@]1(O)[C@H](O)[C@H](O)[C@@H](O)CO. The molecule has 0 bridgehead atoms. The van der Waals surface area contributed by atoms with E-state index in [9.17, 15) is 35.1 Å². The topological polar surface area (TPSA) is 200 Å². The van der Waals surface area contributed by atoms with Crippen LogP contribution in [0, 0.1) is 0 Å². The van der Waals surface area contributed by atoms with E-state index < -0.39 is 61.4 Å². The van der Waals surface area contributed by atoms with Gasteiger partial charge in [0.05, 0.1) is 19.4 Å². The number of hydrogen-bond donors (Lipinski definition) is 7. The Balaban J connectivity index is 3.16. The molecule has 1 rings (SSSR count). The molecule has 0 radical (unpaired) electrons. The van der Waals surface area contributed by atoms with E-state index in [-0.39, 0.29) is 0 Å². The quantitative estimate of drug-likeness (QED) is 0.194. The first-order valence-corrected chi connectivity index (χ1v) is 5.87. The van der Waals surface area contributed by atoms with Gasteiger partial charge < -0.3 is 40.1 Å². The molecule has 122 valence electrons. The van der Waals surface area contributed by atoms with Crippen LogP contribution in [-0.4, -0.2) is 79.2 Å². The molecule has 21 heavy (non-hydrogen) atoms. The third-order valence-electron chi connectivity index (χ3n) is 2.89. The van der Waals surface area contributed by atoms with Crippen LogP contribution in [0.1, 0.15) is 12.8 Å². The van der Waals surface area contributed by atoms with E-state index >= 15 is 0 Å². The number of carbonyl (C=O) groups excluding carboxylic acids is 2. The first-order chi connectivity index (χ1) is 9.55. The number of cyclic esters (lactones) is 2. The molecule has 1 unspecified atom stereocenters. The molecule has 1 heterocycles. The fourth-order valence-electron chi connectivity index (χ4n) is 1.62. The Hall–Kier alpha value is -1.34. The maximum atomic E-state index is 11.4. The molecule has 1 fully saturated rings. The number of nitrogens with two attached hydrogens (primary N) is 1. The number of hydrogen-bond acceptors (Lipinski definition) is 11. The molecule has 0 amide bonds. The fraction of sp³-hybridized carbons (Fsp3) is 0.800. The van der Waals surface area contributed by atoms with Gasteiger partial charge in [-0.15, -0.1) is 0 Å². The molecule has 1 aliphatic rings. The van der Waals surface area contributed by atoms with Crippen LogP contribution in [0.15, 0.2) is 0 Å². The molecule has 0 aliphatic carbocycles. The highest BCUT2D eigenvalue weighted by Gasteiger charge is 2.62. The van der Waals surface area contributed by atoms with Crippen LogP contribution in [0.5, 0.6) is 0 Å². The van der Waals surface area contributed by atoms with Crippen LogP contribution in [0.2, 0.25) is 0 Å². The molecule has 0 spiro atoms. The summed E-state index contributed by atoms with van der Waals surface area (Å²) in [5.74, 6) is -9.24. The van der Waals surface area contributed by atoms with Crippen molar-refractivity contribution < 1.29 is 49.7 Å². The zero-order valence-corrected chi connectivity index (χ0v) is 10.7. The highest BCUT2D eigenvalue weighted by atomic mass is 16.8. The molecular weight excluding hydrogens is 294 g/mol. The van der Waals surface area contributed by atoms with Gasteiger partial charge in [-0.1, -0.05) is 0 Å². The van der Waals surface area contributed by atoms with Gasteiger partial charge in [-0.3, -0.25) is 15.3 Å². The smallest absolute Gasteiger partial charge is 0.339 e. The third-order valence-corrected chi connectivity index (χ3v) is 2.89. The van der Waals surface area contributed by atoms with Crippen molar-refractivity contribution in [3.63, 3.8) is 0 Å². The second-order valence-electron chi connectivity index (χ2n) is 4.53. The van der Waals surface area contributed by atoms with Gasteiger partial charge in [0.25, 0.3) is 0 Å². The second kappa shape index (κ2) is 6.19. The fourth-order valence-corrected chi connectivity index (χ4v) is 1.62. The van der Waals surface area contributed by atoms with Gasteiger partial charge in [0.15, 0.2) is 6.10 Å². The lowest BCUT2D eigenvalue weighted by molar-refractivity contribution is -0.396. The number of ether oxygens (including phenoxy) is 2. The van der Waals surface area contributed by atoms with Gasteiger partial charge in [0, 0.05) is 0 Å². The van der Waals surface area contributed by atoms with Crippen LogP contribution in [0.3, 0.4) is 0 Å². The maximum Gasteiger partial charge on any atom is 0.339 e. The van der Waals surface area contributed by atoms with Gasteiger partial charge in [-0.2, -0.15) is 0 Å². The van der Waals surface area contributed by atoms with E-state index in [0.29, 0.717) is 0 Å². The molecule has 11 heteroatoms. The van der Waals surface area contributed by atoms with Crippen molar-refractivity contribution in [3.05, 3.63) is 0 Å². The first kappa shape index (κ1) is 17.7. The predicted octanol–water partition coefficient (Wildman–Crippen LogP) is -4.76. The van der Waals surface area contributed by atoms with E-state index in [1.807, 2.05) is 0 Å². The Kier molecular flexibility index (Phi) is 5.22. The summed E-state index contributed by atoms with van der Waals surface area (Å²) in [5, 5.41) is 57.0. The van der Waals surface area contributed by atoms with Crippen LogP contribution >= 0.6 is 0 Å². The lowest BCUT2D eigenvalue weighted by Gasteiger charge is -2.43. The zero-order valence-electron chi connectivity index (χ0n) is 10.7. The van der Waals surface area contributed by atoms with Crippen molar-refractivity contribution >= 4 is 11.9 Å². The molecule has 0 saturated carbocycles. The summed E-state index contributed by atoms with van der Waals surface area (Å²) in [6.07, 6.45) is -7.86. The average Bonchev–Trinajstić information content (AvgIpc) is 2.40. The van der Waals surface area contributed by atoms with Crippen molar-refractivity contribution in [3.8, 4) is 0 Å². The Morgan fingerprint density at radius 2 is 1.57 bits per heavy atom. The van der Waals surface area contributed by atoms with Crippen molar-refractivity contribution in [2.24, 2.45) is 5.73 Å². The molecule has 1 aliphatic heterocycles. The zero-order chi connectivity index (χ0) is 16.4. The van der Waals surface area contributed by atoms with Crippen LogP contribution in [0.25, 0.3) is 0 Å². The van der Waals surface area contributed by atoms with Gasteiger partial charge in [0.1, 0.15) is 12.2 Å². The highest BCUT2D eigenvalue weighted by Crippen LogP contribution is 2.30. The summed E-state index contributed by atoms with van der Waals surface area (Å²) in [4.78, 5) is 22.6. The number of carbonyl (C=O) groups is 2. The predicted molar refractivity (Wildman–Crippen MR) is 60.6 cm³/mol. The number of rotatable bonds is 4. The van der Waals surface area contributed by atoms with Gasteiger partial charge in [-0.05, 0) is 0 Å². The first-order valence-electron chi connectivity index (χ1n) is 5.87. The van der Waals surface area contributed by atoms with Crippen molar-refractivity contribution in [1.82, 2.24) is 0 Å². The normalized spacial score (nSPS) is 35.0. The number of aliphatic hydroxyl groups excluding tert-OH is 4. The van der Waals surface area contributed by atoms with Crippen molar-refractivity contribution in [2.75, 3.05) is 6.61 Å².